The van der Waals surface area contributed by atoms with Gasteiger partial charge in [-0.2, -0.15) is 0 Å². The molecule has 0 radical (unpaired) electrons. The van der Waals surface area contributed by atoms with Crippen molar-refractivity contribution >= 4 is 23.2 Å². The van der Waals surface area contributed by atoms with Crippen molar-refractivity contribution in [2.45, 2.75) is 12.8 Å². The fourth-order valence-electron chi connectivity index (χ4n) is 2.88. The molecule has 1 aromatic carbocycles. The van der Waals surface area contributed by atoms with Crippen LogP contribution < -0.4 is 10.1 Å². The number of ether oxygens (including phenoxy) is 3. The van der Waals surface area contributed by atoms with Gasteiger partial charge in [0.2, 0.25) is 0 Å². The van der Waals surface area contributed by atoms with Gasteiger partial charge >= 0.3 is 5.97 Å². The maximum Gasteiger partial charge on any atom is 0.348 e. The van der Waals surface area contributed by atoms with Crippen molar-refractivity contribution in [2.24, 2.45) is 0 Å². The summed E-state index contributed by atoms with van der Waals surface area (Å²) in [5, 5.41) is 2.61. The maximum atomic E-state index is 12.3. The van der Waals surface area contributed by atoms with Crippen molar-refractivity contribution in [1.29, 1.82) is 0 Å². The topological polar surface area (TPSA) is 73.9 Å². The van der Waals surface area contributed by atoms with Crippen molar-refractivity contribution in [2.75, 3.05) is 34.0 Å². The van der Waals surface area contributed by atoms with E-state index in [0.717, 1.165) is 34.6 Å². The minimum Gasteiger partial charge on any atom is -0.497 e. The van der Waals surface area contributed by atoms with E-state index in [-0.39, 0.29) is 12.5 Å². The third kappa shape index (κ3) is 4.05. The van der Waals surface area contributed by atoms with Gasteiger partial charge in [0.25, 0.3) is 5.91 Å². The van der Waals surface area contributed by atoms with Crippen LogP contribution in [0.3, 0.4) is 0 Å². The van der Waals surface area contributed by atoms with E-state index in [1.54, 1.807) is 14.2 Å². The summed E-state index contributed by atoms with van der Waals surface area (Å²) >= 11 is 1.41. The van der Waals surface area contributed by atoms with Crippen LogP contribution >= 0.6 is 11.3 Å². The van der Waals surface area contributed by atoms with Crippen LogP contribution in [0.15, 0.2) is 24.3 Å². The lowest BCUT2D eigenvalue weighted by molar-refractivity contribution is -0.124. The molecule has 0 fully saturated rings. The molecule has 1 heterocycles. The van der Waals surface area contributed by atoms with Crippen LogP contribution in [0.5, 0.6) is 5.75 Å². The first-order valence-electron chi connectivity index (χ1n) is 8.35. The molecule has 0 aliphatic heterocycles. The molecule has 1 N–H and O–H groups in total. The van der Waals surface area contributed by atoms with Gasteiger partial charge in [0, 0.05) is 18.5 Å². The molecule has 3 rings (SSSR count). The number of amides is 1. The Morgan fingerprint density at radius 2 is 1.96 bits per heavy atom. The number of esters is 1. The second-order valence-electron chi connectivity index (χ2n) is 5.91. The largest absolute Gasteiger partial charge is 0.497 e. The average Bonchev–Trinajstić information content (AvgIpc) is 3.10. The summed E-state index contributed by atoms with van der Waals surface area (Å²) < 4.78 is 15.3. The summed E-state index contributed by atoms with van der Waals surface area (Å²) in [6.07, 6.45) is 1.78. The zero-order valence-electron chi connectivity index (χ0n) is 14.8. The number of hydrogen-bond acceptors (Lipinski definition) is 6. The predicted molar refractivity (Wildman–Crippen MR) is 98.9 cm³/mol. The van der Waals surface area contributed by atoms with Crippen LogP contribution in [-0.2, 0) is 27.1 Å². The number of hydrogen-bond donors (Lipinski definition) is 1. The highest BCUT2D eigenvalue weighted by atomic mass is 32.1. The first kappa shape index (κ1) is 18.4. The third-order valence-electron chi connectivity index (χ3n) is 4.19. The normalized spacial score (nSPS) is 12.1. The summed E-state index contributed by atoms with van der Waals surface area (Å²) in [6, 6.07) is 7.87. The van der Waals surface area contributed by atoms with E-state index in [4.69, 9.17) is 14.2 Å². The van der Waals surface area contributed by atoms with E-state index in [1.165, 1.54) is 16.9 Å². The molecule has 0 atom stereocenters. The highest BCUT2D eigenvalue weighted by Crippen LogP contribution is 2.40. The number of benzene rings is 1. The number of nitrogens with one attached hydrogen (secondary N) is 1. The second-order valence-corrected chi connectivity index (χ2v) is 6.96. The molecular weight excluding hydrogens is 354 g/mol. The van der Waals surface area contributed by atoms with Gasteiger partial charge < -0.3 is 19.5 Å². The molecule has 1 aliphatic rings. The number of rotatable bonds is 7. The molecule has 0 saturated carbocycles. The molecule has 2 aromatic rings. The van der Waals surface area contributed by atoms with Crippen molar-refractivity contribution in [3.05, 3.63) is 40.3 Å². The fraction of sp³-hybridized carbons (Fsp3) is 0.368. The van der Waals surface area contributed by atoms with Crippen molar-refractivity contribution in [1.82, 2.24) is 5.32 Å². The van der Waals surface area contributed by atoms with Crippen LogP contribution in [0, 0.1) is 0 Å². The molecule has 6 nitrogen and oxygen atoms in total. The Balaban J connectivity index is 1.67. The Bertz CT molecular complexity index is 814. The SMILES string of the molecule is COCCNC(=O)COC(=O)c1cc2c(s1)-c1ccc(OC)cc1CC2. The minimum absolute atomic E-state index is 0.293. The van der Waals surface area contributed by atoms with Crippen LogP contribution in [0.4, 0.5) is 0 Å². The Morgan fingerprint density at radius 1 is 1.15 bits per heavy atom. The maximum absolute atomic E-state index is 12.3. The average molecular weight is 375 g/mol. The van der Waals surface area contributed by atoms with E-state index in [1.807, 2.05) is 24.3 Å². The molecule has 0 spiro atoms. The van der Waals surface area contributed by atoms with E-state index in [0.29, 0.717) is 18.0 Å². The predicted octanol–water partition coefficient (Wildman–Crippen LogP) is 2.44. The van der Waals surface area contributed by atoms with Crippen LogP contribution in [0.2, 0.25) is 0 Å². The van der Waals surface area contributed by atoms with E-state index in [2.05, 4.69) is 5.32 Å². The van der Waals surface area contributed by atoms with Gasteiger partial charge in [-0.05, 0) is 53.8 Å². The lowest BCUT2D eigenvalue weighted by atomic mass is 9.91. The van der Waals surface area contributed by atoms with Crippen LogP contribution in [-0.4, -0.2) is 45.9 Å². The Hall–Kier alpha value is -2.38. The lowest BCUT2D eigenvalue weighted by Gasteiger charge is -2.16. The van der Waals surface area contributed by atoms with Crippen molar-refractivity contribution in [3.63, 3.8) is 0 Å². The number of carbonyl (C=O) groups excluding carboxylic acids is 2. The zero-order chi connectivity index (χ0) is 18.5. The molecule has 138 valence electrons. The van der Waals surface area contributed by atoms with Gasteiger partial charge in [-0.1, -0.05) is 0 Å². The van der Waals surface area contributed by atoms with Gasteiger partial charge in [-0.15, -0.1) is 11.3 Å². The Kier molecular flexibility index (Phi) is 5.90. The standard InChI is InChI=1S/C19H21NO5S/c1-23-8-7-20-17(21)11-25-19(22)16-10-13-4-3-12-9-14(24-2)5-6-15(12)18(13)26-16/h5-6,9-10H,3-4,7-8,11H2,1-2H3,(H,20,21). The zero-order valence-corrected chi connectivity index (χ0v) is 15.6. The quantitative estimate of drug-likeness (QED) is 0.594. The first-order valence-corrected chi connectivity index (χ1v) is 9.16. The molecule has 1 aliphatic carbocycles. The summed E-state index contributed by atoms with van der Waals surface area (Å²) in [6.45, 7) is 0.515. The number of thiophene rings is 1. The molecule has 1 amide bonds. The van der Waals surface area contributed by atoms with Crippen molar-refractivity contribution < 1.29 is 23.8 Å². The van der Waals surface area contributed by atoms with Gasteiger partial charge in [0.15, 0.2) is 6.61 Å². The highest BCUT2D eigenvalue weighted by molar-refractivity contribution is 7.17. The summed E-state index contributed by atoms with van der Waals surface area (Å²) in [4.78, 5) is 25.5. The number of methoxy groups -OCH3 is 2. The molecule has 0 unspecified atom stereocenters. The monoisotopic (exact) mass is 375 g/mol. The smallest absolute Gasteiger partial charge is 0.348 e. The van der Waals surface area contributed by atoms with Gasteiger partial charge in [0.1, 0.15) is 10.6 Å². The summed E-state index contributed by atoms with van der Waals surface area (Å²) in [5.41, 5.74) is 3.49. The molecule has 26 heavy (non-hydrogen) atoms. The van der Waals surface area contributed by atoms with Gasteiger partial charge in [-0.3, -0.25) is 4.79 Å². The highest BCUT2D eigenvalue weighted by Gasteiger charge is 2.23. The second kappa shape index (κ2) is 8.33. The van der Waals surface area contributed by atoms with E-state index >= 15 is 0 Å². The number of fused-ring (bicyclic) bond motifs is 3. The molecule has 1 aromatic heterocycles. The van der Waals surface area contributed by atoms with Gasteiger partial charge in [0.05, 0.1) is 13.7 Å². The molecule has 7 heteroatoms. The molecule has 0 saturated heterocycles. The Labute approximate surface area is 156 Å². The van der Waals surface area contributed by atoms with Crippen LogP contribution in [0.25, 0.3) is 10.4 Å². The fourth-order valence-corrected chi connectivity index (χ4v) is 4.05. The lowest BCUT2D eigenvalue weighted by Crippen LogP contribution is -2.31. The van der Waals surface area contributed by atoms with E-state index < -0.39 is 5.97 Å². The minimum atomic E-state index is -0.471. The third-order valence-corrected chi connectivity index (χ3v) is 5.38. The summed E-state index contributed by atoms with van der Waals surface area (Å²) in [7, 11) is 3.21. The van der Waals surface area contributed by atoms with Crippen LogP contribution in [0.1, 0.15) is 20.8 Å². The first-order chi connectivity index (χ1) is 12.6. The molecular formula is C19H21NO5S. The number of carbonyl (C=O) groups is 2. The summed E-state index contributed by atoms with van der Waals surface area (Å²) in [5.74, 6) is 0.0263. The number of aryl methyl sites for hydroxylation is 2. The van der Waals surface area contributed by atoms with E-state index in [9.17, 15) is 9.59 Å². The molecule has 0 bridgehead atoms. The Morgan fingerprint density at radius 3 is 2.73 bits per heavy atom. The van der Waals surface area contributed by atoms with Gasteiger partial charge in [-0.25, -0.2) is 4.79 Å². The van der Waals surface area contributed by atoms with Crippen molar-refractivity contribution in [3.8, 4) is 16.2 Å².